The highest BCUT2D eigenvalue weighted by Crippen LogP contribution is 2.39. The topological polar surface area (TPSA) is 123 Å². The van der Waals surface area contributed by atoms with Gasteiger partial charge in [-0.1, -0.05) is 43.2 Å². The van der Waals surface area contributed by atoms with Gasteiger partial charge in [-0.05, 0) is 30.4 Å². The van der Waals surface area contributed by atoms with Crippen LogP contribution in [0.15, 0.2) is 55.1 Å². The van der Waals surface area contributed by atoms with Crippen molar-refractivity contribution >= 4 is 35.1 Å². The molecule has 1 aromatic carbocycles. The molecule has 1 atom stereocenters. The van der Waals surface area contributed by atoms with Gasteiger partial charge in [-0.3, -0.25) is 14.3 Å². The number of halogens is 1. The zero-order valence-corrected chi connectivity index (χ0v) is 22.1. The van der Waals surface area contributed by atoms with Gasteiger partial charge in [0.15, 0.2) is 23.8 Å². The van der Waals surface area contributed by atoms with Crippen molar-refractivity contribution in [1.82, 2.24) is 29.2 Å². The smallest absolute Gasteiger partial charge is 0.245 e. The first kappa shape index (κ1) is 26.6. The van der Waals surface area contributed by atoms with Crippen LogP contribution < -0.4 is 10.8 Å². The Hall–Kier alpha value is -3.95. The van der Waals surface area contributed by atoms with Crippen molar-refractivity contribution in [2.45, 2.75) is 51.2 Å². The summed E-state index contributed by atoms with van der Waals surface area (Å²) in [7, 11) is 0. The van der Waals surface area contributed by atoms with E-state index in [0.717, 1.165) is 31.2 Å². The molecule has 0 radical (unpaired) electrons. The van der Waals surface area contributed by atoms with E-state index in [1.165, 1.54) is 10.3 Å². The molecule has 1 saturated carbocycles. The van der Waals surface area contributed by atoms with E-state index in [1.54, 1.807) is 12.3 Å². The third-order valence-electron chi connectivity index (χ3n) is 7.01. The fraction of sp³-hybridized carbons (Fsp3) is 0.370. The largest absolute Gasteiger partial charge is 0.368 e. The molecule has 4 aromatic rings. The maximum atomic E-state index is 13.4. The van der Waals surface area contributed by atoms with Gasteiger partial charge in [0.1, 0.15) is 6.33 Å². The number of nitrogens with zero attached hydrogens (tertiary/aromatic N) is 6. The first-order chi connectivity index (χ1) is 19.2. The van der Waals surface area contributed by atoms with Crippen LogP contribution in [0.5, 0.6) is 0 Å². The fourth-order valence-corrected chi connectivity index (χ4v) is 5.41. The Kier molecular flexibility index (Phi) is 8.70. The average molecular weight is 549 g/mol. The number of carbonyl (C=O) groups is 1. The number of fused-ring (bicyclic) bond motifs is 1. The van der Waals surface area contributed by atoms with Crippen LogP contribution in [-0.2, 0) is 16.2 Å². The molecule has 0 saturated heterocycles. The molecular weight excluding hydrogens is 519 g/mol. The first-order valence-corrected chi connectivity index (χ1v) is 13.6. The molecule has 0 aliphatic heterocycles. The molecule has 202 valence electrons. The lowest BCUT2D eigenvalue weighted by Crippen LogP contribution is -2.25. The quantitative estimate of drug-likeness (QED) is 0.227. The van der Waals surface area contributed by atoms with Crippen molar-refractivity contribution in [3.05, 3.63) is 60.7 Å². The van der Waals surface area contributed by atoms with E-state index in [0.29, 0.717) is 47.0 Å². The fourth-order valence-electron chi connectivity index (χ4n) is 5.10. The number of anilines is 1. The van der Waals surface area contributed by atoms with Gasteiger partial charge in [0.05, 0.1) is 36.4 Å². The van der Waals surface area contributed by atoms with Crippen molar-refractivity contribution in [2.24, 2.45) is 5.92 Å². The molecule has 1 aliphatic rings. The molecule has 10 nitrogen and oxygen atoms in total. The summed E-state index contributed by atoms with van der Waals surface area (Å²) in [6.07, 6.45) is 9.80. The summed E-state index contributed by atoms with van der Waals surface area (Å²) in [6.45, 7) is 0.572. The summed E-state index contributed by atoms with van der Waals surface area (Å²) < 4.78 is 16.6. The summed E-state index contributed by atoms with van der Waals surface area (Å²) in [5.41, 5.74) is 5.17. The van der Waals surface area contributed by atoms with Crippen LogP contribution in [-0.4, -0.2) is 36.2 Å². The Bertz CT molecular complexity index is 1450. The van der Waals surface area contributed by atoms with Crippen molar-refractivity contribution < 1.29 is 13.5 Å². The summed E-state index contributed by atoms with van der Waals surface area (Å²) in [6, 6.07) is 13.6. The number of hydroxylamine groups is 1. The monoisotopic (exact) mass is 548 g/mol. The molecule has 5 rings (SSSR count). The third kappa shape index (κ3) is 6.21. The SMILES string of the molecule is N#CCC(C1CCCC1)n1cc(-c2ncnc3c2ccn3SF)c(NCCC(=O)NOCc2ccccc2)n1. The highest BCUT2D eigenvalue weighted by atomic mass is 32.2. The molecule has 3 heterocycles. The minimum Gasteiger partial charge on any atom is -0.368 e. The molecule has 1 aliphatic carbocycles. The number of carbonyl (C=O) groups excluding carboxylic acids is 1. The highest BCUT2D eigenvalue weighted by Gasteiger charge is 2.29. The van der Waals surface area contributed by atoms with Gasteiger partial charge in [-0.2, -0.15) is 10.4 Å². The van der Waals surface area contributed by atoms with E-state index in [2.05, 4.69) is 26.8 Å². The number of aromatic nitrogens is 5. The van der Waals surface area contributed by atoms with Gasteiger partial charge in [0.2, 0.25) is 5.91 Å². The van der Waals surface area contributed by atoms with Crippen LogP contribution in [0, 0.1) is 17.2 Å². The van der Waals surface area contributed by atoms with Crippen LogP contribution in [0.1, 0.15) is 50.1 Å². The Morgan fingerprint density at radius 1 is 1.23 bits per heavy atom. The number of nitriles is 1. The van der Waals surface area contributed by atoms with E-state index in [4.69, 9.17) is 9.94 Å². The second-order valence-corrected chi connectivity index (χ2v) is 10.0. The minimum absolute atomic E-state index is 0.0650. The maximum absolute atomic E-state index is 13.4. The van der Waals surface area contributed by atoms with Crippen molar-refractivity contribution in [1.29, 1.82) is 5.26 Å². The zero-order valence-electron chi connectivity index (χ0n) is 21.3. The van der Waals surface area contributed by atoms with E-state index in [9.17, 15) is 13.9 Å². The Balaban J connectivity index is 1.34. The van der Waals surface area contributed by atoms with Gasteiger partial charge in [-0.15, -0.1) is 3.89 Å². The molecule has 39 heavy (non-hydrogen) atoms. The summed E-state index contributed by atoms with van der Waals surface area (Å²) >= 11 is 0.0662. The van der Waals surface area contributed by atoms with Gasteiger partial charge in [0, 0.05) is 30.7 Å². The van der Waals surface area contributed by atoms with Crippen molar-refractivity contribution in [2.75, 3.05) is 11.9 Å². The predicted molar refractivity (Wildman–Crippen MR) is 147 cm³/mol. The average Bonchev–Trinajstić information content (AvgIpc) is 3.72. The molecule has 1 amide bonds. The number of rotatable bonds is 12. The first-order valence-electron chi connectivity index (χ1n) is 12.9. The predicted octanol–water partition coefficient (Wildman–Crippen LogP) is 5.37. The van der Waals surface area contributed by atoms with Crippen LogP contribution in [0.25, 0.3) is 22.3 Å². The van der Waals surface area contributed by atoms with Crippen LogP contribution >= 0.6 is 12.3 Å². The van der Waals surface area contributed by atoms with E-state index >= 15 is 0 Å². The number of hydrogen-bond donors (Lipinski definition) is 2. The van der Waals surface area contributed by atoms with Gasteiger partial charge in [-0.25, -0.2) is 19.4 Å². The highest BCUT2D eigenvalue weighted by molar-refractivity contribution is 7.92. The molecule has 1 fully saturated rings. The van der Waals surface area contributed by atoms with Gasteiger partial charge < -0.3 is 5.32 Å². The lowest BCUT2D eigenvalue weighted by molar-refractivity contribution is -0.134. The van der Waals surface area contributed by atoms with E-state index in [1.807, 2.05) is 41.2 Å². The van der Waals surface area contributed by atoms with Crippen LogP contribution in [0.3, 0.4) is 0 Å². The van der Waals surface area contributed by atoms with Crippen LogP contribution in [0.4, 0.5) is 9.70 Å². The number of amides is 1. The van der Waals surface area contributed by atoms with Crippen molar-refractivity contribution in [3.8, 4) is 17.3 Å². The standard InChI is InChI=1S/C27H29FN8O2S/c28-39-36-15-12-21-25(31-18-32-27(21)36)22-16-35(23(10-13-29)20-8-4-5-9-20)33-26(22)30-14-11-24(37)34-38-17-19-6-2-1-3-7-19/h1-3,6-7,12,15-16,18,20,23H,4-5,8-11,14,17H2,(H,30,33)(H,34,37). The lowest BCUT2D eigenvalue weighted by Gasteiger charge is -2.21. The Morgan fingerprint density at radius 3 is 2.82 bits per heavy atom. The van der Waals surface area contributed by atoms with E-state index < -0.39 is 0 Å². The molecule has 0 spiro atoms. The number of hydrogen-bond acceptors (Lipinski definition) is 8. The normalized spacial score (nSPS) is 14.4. The number of benzene rings is 1. The van der Waals surface area contributed by atoms with E-state index in [-0.39, 0.29) is 37.3 Å². The molecule has 2 N–H and O–H groups in total. The lowest BCUT2D eigenvalue weighted by atomic mass is 9.96. The molecule has 0 bridgehead atoms. The van der Waals surface area contributed by atoms with Crippen molar-refractivity contribution in [3.63, 3.8) is 0 Å². The second kappa shape index (κ2) is 12.7. The molecular formula is C27H29FN8O2S. The maximum Gasteiger partial charge on any atom is 0.245 e. The van der Waals surface area contributed by atoms with Gasteiger partial charge >= 0.3 is 0 Å². The summed E-state index contributed by atoms with van der Waals surface area (Å²) in [5.74, 6) is 0.635. The Morgan fingerprint density at radius 2 is 2.05 bits per heavy atom. The molecule has 1 unspecified atom stereocenters. The zero-order chi connectivity index (χ0) is 27.0. The number of nitrogens with one attached hydrogen (secondary N) is 2. The van der Waals surface area contributed by atoms with Crippen LogP contribution in [0.2, 0.25) is 0 Å². The minimum atomic E-state index is -0.269. The molecule has 3 aromatic heterocycles. The third-order valence-corrected chi connectivity index (χ3v) is 7.45. The van der Waals surface area contributed by atoms with Gasteiger partial charge in [0.25, 0.3) is 0 Å². The second-order valence-electron chi connectivity index (χ2n) is 9.49. The summed E-state index contributed by atoms with van der Waals surface area (Å²) in [5, 5.41) is 18.3. The Labute approximate surface area is 230 Å². The summed E-state index contributed by atoms with van der Waals surface area (Å²) in [4.78, 5) is 26.4. The molecule has 12 heteroatoms.